The Bertz CT molecular complexity index is 549. The van der Waals surface area contributed by atoms with Crippen molar-refractivity contribution in [1.82, 2.24) is 0 Å². The Hall–Kier alpha value is -2.16. The average Bonchev–Trinajstić information content (AvgIpc) is 2.48. The van der Waals surface area contributed by atoms with Crippen LogP contribution < -0.4 is 14.8 Å². The van der Waals surface area contributed by atoms with E-state index in [4.69, 9.17) is 9.47 Å². The summed E-state index contributed by atoms with van der Waals surface area (Å²) in [4.78, 5) is 0. The second-order valence-corrected chi connectivity index (χ2v) is 5.22. The summed E-state index contributed by atoms with van der Waals surface area (Å²) in [5.74, 6) is 1.80. The number of anilines is 1. The molecule has 2 rings (SSSR count). The summed E-state index contributed by atoms with van der Waals surface area (Å²) in [6.07, 6.45) is 1.17. The molecule has 0 aromatic heterocycles. The maximum Gasteiger partial charge on any atom is 0.121 e. The number of rotatable bonds is 7. The highest BCUT2D eigenvalue weighted by Gasteiger charge is 2.00. The van der Waals surface area contributed by atoms with E-state index >= 15 is 0 Å². The predicted molar refractivity (Wildman–Crippen MR) is 87.4 cm³/mol. The summed E-state index contributed by atoms with van der Waals surface area (Å²) in [5.41, 5.74) is 2.37. The molecule has 2 aromatic carbocycles. The summed E-state index contributed by atoms with van der Waals surface area (Å²) in [6, 6.07) is 16.3. The van der Waals surface area contributed by atoms with Gasteiger partial charge >= 0.3 is 0 Å². The Kier molecular flexibility index (Phi) is 5.50. The molecule has 0 amide bonds. The van der Waals surface area contributed by atoms with E-state index in [1.54, 1.807) is 7.11 Å². The fourth-order valence-corrected chi connectivity index (χ4v) is 2.09. The van der Waals surface area contributed by atoms with Crippen molar-refractivity contribution in [3.8, 4) is 11.5 Å². The molecule has 0 unspecified atom stereocenters. The zero-order chi connectivity index (χ0) is 15.1. The van der Waals surface area contributed by atoms with Gasteiger partial charge in [-0.25, -0.2) is 0 Å². The Morgan fingerprint density at radius 3 is 2.43 bits per heavy atom. The smallest absolute Gasteiger partial charge is 0.121 e. The van der Waals surface area contributed by atoms with Gasteiger partial charge in [-0.3, -0.25) is 0 Å². The monoisotopic (exact) mass is 285 g/mol. The van der Waals surface area contributed by atoms with Crippen LogP contribution in [0.2, 0.25) is 0 Å². The van der Waals surface area contributed by atoms with Crippen molar-refractivity contribution < 1.29 is 9.47 Å². The minimum absolute atomic E-state index is 0.194. The van der Waals surface area contributed by atoms with Crippen molar-refractivity contribution in [2.24, 2.45) is 0 Å². The Balaban J connectivity index is 1.85. The van der Waals surface area contributed by atoms with Gasteiger partial charge in [0.1, 0.15) is 11.5 Å². The fraction of sp³-hybridized carbons (Fsp3) is 0.333. The minimum atomic E-state index is 0.194. The summed E-state index contributed by atoms with van der Waals surface area (Å²) in [7, 11) is 1.68. The zero-order valence-corrected chi connectivity index (χ0v) is 12.9. The molecule has 3 heteroatoms. The predicted octanol–water partition coefficient (Wildman–Crippen LogP) is 4.14. The summed E-state index contributed by atoms with van der Waals surface area (Å²) in [6.45, 7) is 4.95. The van der Waals surface area contributed by atoms with Crippen molar-refractivity contribution in [1.29, 1.82) is 0 Å². The van der Waals surface area contributed by atoms with E-state index in [0.29, 0.717) is 0 Å². The van der Waals surface area contributed by atoms with Crippen LogP contribution >= 0.6 is 0 Å². The van der Waals surface area contributed by atoms with Gasteiger partial charge in [0.05, 0.1) is 13.2 Å². The largest absolute Gasteiger partial charge is 0.497 e. The highest BCUT2D eigenvalue weighted by molar-refractivity contribution is 5.48. The van der Waals surface area contributed by atoms with Crippen LogP contribution in [0.3, 0.4) is 0 Å². The number of ether oxygens (including phenoxy) is 2. The lowest BCUT2D eigenvalue weighted by Gasteiger charge is -2.12. The van der Waals surface area contributed by atoms with Crippen molar-refractivity contribution in [3.63, 3.8) is 0 Å². The molecular weight excluding hydrogens is 262 g/mol. The third-order valence-electron chi connectivity index (χ3n) is 3.11. The molecular formula is C18H23NO2. The molecule has 0 atom stereocenters. The lowest BCUT2D eigenvalue weighted by Crippen LogP contribution is -2.07. The molecule has 0 aliphatic carbocycles. The van der Waals surface area contributed by atoms with Crippen LogP contribution in [0, 0.1) is 0 Å². The second kappa shape index (κ2) is 7.58. The van der Waals surface area contributed by atoms with Gasteiger partial charge in [-0.05, 0) is 50.1 Å². The van der Waals surface area contributed by atoms with Crippen LogP contribution in [0.15, 0.2) is 48.5 Å². The first-order valence-corrected chi connectivity index (χ1v) is 7.31. The topological polar surface area (TPSA) is 30.5 Å². The Morgan fingerprint density at radius 1 is 1.00 bits per heavy atom. The first-order valence-electron chi connectivity index (χ1n) is 7.31. The van der Waals surface area contributed by atoms with E-state index < -0.39 is 0 Å². The zero-order valence-electron chi connectivity index (χ0n) is 12.9. The van der Waals surface area contributed by atoms with Crippen LogP contribution in [0.1, 0.15) is 19.4 Å². The summed E-state index contributed by atoms with van der Waals surface area (Å²) < 4.78 is 10.8. The van der Waals surface area contributed by atoms with Gasteiger partial charge in [-0.15, -0.1) is 0 Å². The number of hydrogen-bond donors (Lipinski definition) is 1. The third-order valence-corrected chi connectivity index (χ3v) is 3.11. The molecule has 0 fully saturated rings. The van der Waals surface area contributed by atoms with Crippen molar-refractivity contribution in [2.75, 3.05) is 19.0 Å². The van der Waals surface area contributed by atoms with Gasteiger partial charge in [0.25, 0.3) is 0 Å². The van der Waals surface area contributed by atoms with Gasteiger partial charge < -0.3 is 14.8 Å². The normalized spacial score (nSPS) is 10.5. The molecule has 0 aliphatic rings. The van der Waals surface area contributed by atoms with Crippen molar-refractivity contribution in [3.05, 3.63) is 54.1 Å². The van der Waals surface area contributed by atoms with Crippen LogP contribution in [-0.2, 0) is 6.42 Å². The molecule has 1 N–H and O–H groups in total. The first-order chi connectivity index (χ1) is 10.2. The lowest BCUT2D eigenvalue weighted by molar-refractivity contribution is 0.242. The van der Waals surface area contributed by atoms with Gasteiger partial charge in [-0.2, -0.15) is 0 Å². The highest BCUT2D eigenvalue weighted by Crippen LogP contribution is 2.18. The molecule has 0 spiro atoms. The average molecular weight is 285 g/mol. The van der Waals surface area contributed by atoms with Gasteiger partial charge in [0.15, 0.2) is 0 Å². The molecule has 0 saturated heterocycles. The van der Waals surface area contributed by atoms with Crippen LogP contribution in [0.4, 0.5) is 5.69 Å². The molecule has 112 valence electrons. The van der Waals surface area contributed by atoms with E-state index in [1.807, 2.05) is 44.2 Å². The Morgan fingerprint density at radius 2 is 1.76 bits per heavy atom. The third kappa shape index (κ3) is 5.03. The number of methoxy groups -OCH3 is 1. The Labute approximate surface area is 126 Å². The second-order valence-electron chi connectivity index (χ2n) is 5.22. The first kappa shape index (κ1) is 15.2. The molecule has 0 bridgehead atoms. The van der Waals surface area contributed by atoms with Crippen LogP contribution in [0.5, 0.6) is 11.5 Å². The quantitative estimate of drug-likeness (QED) is 0.829. The van der Waals surface area contributed by atoms with E-state index in [-0.39, 0.29) is 6.10 Å². The lowest BCUT2D eigenvalue weighted by atomic mass is 10.1. The van der Waals surface area contributed by atoms with Gasteiger partial charge in [-0.1, -0.05) is 18.2 Å². The standard InChI is InChI=1S/C18H23NO2/c1-14(2)21-18-6-4-5-16(13-18)19-12-11-15-7-9-17(20-3)10-8-15/h4-10,13-14,19H,11-12H2,1-3H3. The maximum atomic E-state index is 5.69. The van der Waals surface area contributed by atoms with Gasteiger partial charge in [0.2, 0.25) is 0 Å². The highest BCUT2D eigenvalue weighted by atomic mass is 16.5. The SMILES string of the molecule is COc1ccc(CCNc2cccc(OC(C)C)c2)cc1. The van der Waals surface area contributed by atoms with E-state index in [0.717, 1.165) is 30.2 Å². The van der Waals surface area contributed by atoms with Crippen LogP contribution in [-0.4, -0.2) is 19.8 Å². The van der Waals surface area contributed by atoms with Crippen LogP contribution in [0.25, 0.3) is 0 Å². The molecule has 2 aromatic rings. The van der Waals surface area contributed by atoms with E-state index in [9.17, 15) is 0 Å². The molecule has 0 saturated carbocycles. The van der Waals surface area contributed by atoms with E-state index in [2.05, 4.69) is 23.5 Å². The summed E-state index contributed by atoms with van der Waals surface area (Å²) in [5, 5.41) is 3.42. The minimum Gasteiger partial charge on any atom is -0.497 e. The van der Waals surface area contributed by atoms with Crippen molar-refractivity contribution >= 4 is 5.69 Å². The number of benzene rings is 2. The molecule has 0 heterocycles. The molecule has 0 radical (unpaired) electrons. The number of hydrogen-bond acceptors (Lipinski definition) is 3. The number of nitrogens with one attached hydrogen (secondary N) is 1. The van der Waals surface area contributed by atoms with Crippen molar-refractivity contribution in [2.45, 2.75) is 26.4 Å². The molecule has 21 heavy (non-hydrogen) atoms. The maximum absolute atomic E-state index is 5.69. The van der Waals surface area contributed by atoms with Gasteiger partial charge in [0, 0.05) is 18.3 Å². The van der Waals surface area contributed by atoms with E-state index in [1.165, 1.54) is 5.56 Å². The molecule has 0 aliphatic heterocycles. The fourth-order valence-electron chi connectivity index (χ4n) is 2.09. The molecule has 3 nitrogen and oxygen atoms in total. The summed E-state index contributed by atoms with van der Waals surface area (Å²) >= 11 is 0.